The first-order chi connectivity index (χ1) is 9.35. The van der Waals surface area contributed by atoms with E-state index in [1.807, 2.05) is 20.2 Å². The Kier molecular flexibility index (Phi) is 5.36. The van der Waals surface area contributed by atoms with Crippen molar-refractivity contribution in [1.82, 2.24) is 9.88 Å². The third-order valence-corrected chi connectivity index (χ3v) is 11.2. The second-order valence-electron chi connectivity index (χ2n) is 7.21. The van der Waals surface area contributed by atoms with Crippen LogP contribution in [-0.4, -0.2) is 36.4 Å². The minimum atomic E-state index is -2.93. The van der Waals surface area contributed by atoms with Gasteiger partial charge in [0.15, 0.2) is 8.24 Å². The van der Waals surface area contributed by atoms with E-state index in [0.717, 1.165) is 12.1 Å². The molecule has 5 nitrogen and oxygen atoms in total. The Morgan fingerprint density at radius 1 is 1.33 bits per heavy atom. The quantitative estimate of drug-likeness (QED) is 0.864. The molecule has 2 N–H and O–H groups in total. The van der Waals surface area contributed by atoms with Crippen molar-refractivity contribution in [3.8, 4) is 0 Å². The van der Waals surface area contributed by atoms with Crippen LogP contribution < -0.4 is 5.14 Å². The fourth-order valence-corrected chi connectivity index (χ4v) is 6.21. The number of pyridine rings is 1. The minimum Gasteiger partial charge on any atom is -0.305 e. The van der Waals surface area contributed by atoms with Crippen LogP contribution in [0, 0.1) is 0 Å². The average molecular weight is 329 g/mol. The van der Waals surface area contributed by atoms with Gasteiger partial charge in [0.05, 0.1) is 0 Å². The van der Waals surface area contributed by atoms with Crippen molar-refractivity contribution in [2.24, 2.45) is 9.17 Å². The van der Waals surface area contributed by atoms with E-state index in [-0.39, 0.29) is 5.04 Å². The summed E-state index contributed by atoms with van der Waals surface area (Å²) < 4.78 is 17.3. The van der Waals surface area contributed by atoms with Crippen LogP contribution in [0.25, 0.3) is 0 Å². The predicted octanol–water partition coefficient (Wildman–Crippen LogP) is 2.85. The van der Waals surface area contributed by atoms with Crippen LogP contribution >= 0.6 is 0 Å². The molecule has 1 heterocycles. The van der Waals surface area contributed by atoms with Gasteiger partial charge in [-0.05, 0) is 43.9 Å². The van der Waals surface area contributed by atoms with Crippen molar-refractivity contribution in [3.63, 3.8) is 0 Å². The summed E-state index contributed by atoms with van der Waals surface area (Å²) in [5, 5.41) is 6.37. The first-order valence-corrected chi connectivity index (χ1v) is 11.5. The first kappa shape index (κ1) is 18.3. The Labute approximate surface area is 130 Å². The van der Waals surface area contributed by atoms with Gasteiger partial charge < -0.3 is 4.90 Å². The molecule has 0 aliphatic heterocycles. The summed E-state index contributed by atoms with van der Waals surface area (Å²) in [6.45, 7) is 11.3. The second kappa shape index (κ2) is 6.16. The molecule has 0 aromatic carbocycles. The molecule has 1 unspecified atom stereocenters. The van der Waals surface area contributed by atoms with Crippen LogP contribution in [0.1, 0.15) is 26.3 Å². The van der Waals surface area contributed by atoms with E-state index in [0.29, 0.717) is 5.03 Å². The molecule has 1 atom stereocenters. The normalized spacial score (nSPS) is 15.9. The predicted molar refractivity (Wildman–Crippen MR) is 91.8 cm³/mol. The van der Waals surface area contributed by atoms with Crippen molar-refractivity contribution in [2.75, 3.05) is 14.1 Å². The Balaban J connectivity index is 3.17. The Bertz CT molecular complexity index is 596. The highest BCUT2D eigenvalue weighted by atomic mass is 32.2. The van der Waals surface area contributed by atoms with Gasteiger partial charge in [-0.25, -0.2) is 14.3 Å². The first-order valence-electron chi connectivity index (χ1n) is 7.01. The van der Waals surface area contributed by atoms with Gasteiger partial charge in [0.25, 0.3) is 0 Å². The van der Waals surface area contributed by atoms with Gasteiger partial charge >= 0.3 is 0 Å². The fraction of sp³-hybridized carbons (Fsp3) is 0.643. The number of hydrogen-bond donors (Lipinski definition) is 1. The number of hydrogen-bond acceptors (Lipinski definition) is 4. The summed E-state index contributed by atoms with van der Waals surface area (Å²) in [4.78, 5) is 6.32. The zero-order chi connectivity index (χ0) is 16.5. The number of nitrogens with two attached hydrogens (primary N) is 1. The Morgan fingerprint density at radius 3 is 2.29 bits per heavy atom. The van der Waals surface area contributed by atoms with Crippen molar-refractivity contribution in [1.29, 1.82) is 0 Å². The SMILES string of the molecule is CN(C)Cc1ccc(S(N)(=O)=N[Si](C)(C)C(C)(C)C)nc1. The summed E-state index contributed by atoms with van der Waals surface area (Å²) >= 11 is 0. The molecule has 0 bridgehead atoms. The van der Waals surface area contributed by atoms with Gasteiger partial charge in [0.2, 0.25) is 0 Å². The number of aromatic nitrogens is 1. The van der Waals surface area contributed by atoms with E-state index in [9.17, 15) is 4.21 Å². The maximum absolute atomic E-state index is 12.8. The monoisotopic (exact) mass is 328 g/mol. The van der Waals surface area contributed by atoms with E-state index in [1.54, 1.807) is 12.3 Å². The molecule has 1 rings (SSSR count). The van der Waals surface area contributed by atoms with E-state index in [2.05, 4.69) is 47.8 Å². The van der Waals surface area contributed by atoms with E-state index >= 15 is 0 Å². The highest BCUT2D eigenvalue weighted by Gasteiger charge is 2.37. The third kappa shape index (κ3) is 4.88. The van der Waals surface area contributed by atoms with Crippen LogP contribution in [0.15, 0.2) is 27.4 Å². The molecular formula is C14H28N4OSSi. The fourth-order valence-electron chi connectivity index (χ4n) is 1.57. The molecule has 0 fully saturated rings. The van der Waals surface area contributed by atoms with Gasteiger partial charge in [0, 0.05) is 12.7 Å². The molecule has 120 valence electrons. The third-order valence-electron chi connectivity index (χ3n) is 3.80. The zero-order valence-corrected chi connectivity index (χ0v) is 16.0. The molecule has 0 spiro atoms. The molecule has 21 heavy (non-hydrogen) atoms. The molecule has 7 heteroatoms. The summed E-state index contributed by atoms with van der Waals surface area (Å²) in [6.07, 6.45) is 1.73. The van der Waals surface area contributed by atoms with E-state index in [4.69, 9.17) is 5.14 Å². The molecule has 0 saturated heterocycles. The maximum atomic E-state index is 12.8. The highest BCUT2D eigenvalue weighted by Crippen LogP contribution is 2.37. The van der Waals surface area contributed by atoms with Gasteiger partial charge in [-0.2, -0.15) is 0 Å². The largest absolute Gasteiger partial charge is 0.305 e. The molecule has 0 aliphatic rings. The van der Waals surface area contributed by atoms with Gasteiger partial charge in [-0.15, -0.1) is 0 Å². The lowest BCUT2D eigenvalue weighted by Gasteiger charge is -2.32. The van der Waals surface area contributed by atoms with E-state index < -0.39 is 18.2 Å². The Morgan fingerprint density at radius 2 is 1.90 bits per heavy atom. The Hall–Kier alpha value is -0.763. The summed E-state index contributed by atoms with van der Waals surface area (Å²) in [5.41, 5.74) is 1.06. The lowest BCUT2D eigenvalue weighted by atomic mass is 10.2. The second-order valence-corrected chi connectivity index (χ2v) is 14.1. The summed E-state index contributed by atoms with van der Waals surface area (Å²) in [6, 6.07) is 3.65. The molecular weight excluding hydrogens is 300 g/mol. The van der Waals surface area contributed by atoms with Crippen LogP contribution in [0.5, 0.6) is 0 Å². The zero-order valence-electron chi connectivity index (χ0n) is 14.2. The van der Waals surface area contributed by atoms with Crippen molar-refractivity contribution < 1.29 is 4.21 Å². The smallest absolute Gasteiger partial charge is 0.195 e. The molecule has 0 aliphatic carbocycles. The van der Waals surface area contributed by atoms with Crippen molar-refractivity contribution in [2.45, 2.75) is 50.5 Å². The molecule has 0 saturated carbocycles. The molecule has 0 radical (unpaired) electrons. The maximum Gasteiger partial charge on any atom is 0.195 e. The average Bonchev–Trinajstić information content (AvgIpc) is 2.25. The van der Waals surface area contributed by atoms with Gasteiger partial charge in [0.1, 0.15) is 14.9 Å². The molecule has 1 aromatic heterocycles. The van der Waals surface area contributed by atoms with Gasteiger partial charge in [-0.3, -0.25) is 4.03 Å². The molecule has 1 aromatic rings. The highest BCUT2D eigenvalue weighted by molar-refractivity contribution is 7.92. The van der Waals surface area contributed by atoms with Crippen LogP contribution in [0.3, 0.4) is 0 Å². The van der Waals surface area contributed by atoms with Crippen molar-refractivity contribution in [3.05, 3.63) is 23.9 Å². The van der Waals surface area contributed by atoms with E-state index in [1.165, 1.54) is 0 Å². The topological polar surface area (TPSA) is 71.6 Å². The number of nitrogens with zero attached hydrogens (tertiary/aromatic N) is 3. The lowest BCUT2D eigenvalue weighted by Crippen LogP contribution is -2.37. The standard InChI is InChI=1S/C14H28N4OSSi/c1-14(2,3)21(6,7)17-20(15,19)13-9-8-12(10-16-13)11-18(4)5/h8-10H,11H2,1-7H3,(H2,15,17,19). The van der Waals surface area contributed by atoms with Crippen molar-refractivity contribution >= 4 is 18.2 Å². The van der Waals surface area contributed by atoms with Gasteiger partial charge in [-0.1, -0.05) is 26.8 Å². The summed E-state index contributed by atoms with van der Waals surface area (Å²) in [7, 11) is -1.04. The summed E-state index contributed by atoms with van der Waals surface area (Å²) in [5.74, 6) is 0. The van der Waals surface area contributed by atoms with Crippen LogP contribution in [0.2, 0.25) is 18.1 Å². The molecule has 0 amide bonds. The van der Waals surface area contributed by atoms with Crippen LogP contribution in [0.4, 0.5) is 0 Å². The number of rotatable bonds is 4. The minimum absolute atomic E-state index is 0.000106. The lowest BCUT2D eigenvalue weighted by molar-refractivity contribution is 0.401. The van der Waals surface area contributed by atoms with Crippen LogP contribution in [-0.2, 0) is 16.5 Å².